The highest BCUT2D eigenvalue weighted by molar-refractivity contribution is 7.88. The van der Waals surface area contributed by atoms with Gasteiger partial charge >= 0.3 is 0 Å². The van der Waals surface area contributed by atoms with Crippen LogP contribution in [0.2, 0.25) is 0 Å². The number of nitrogens with zero attached hydrogens (tertiary/aromatic N) is 2. The summed E-state index contributed by atoms with van der Waals surface area (Å²) in [5, 5.41) is 15.5. The third kappa shape index (κ3) is 4.19. The topological polar surface area (TPSA) is 100 Å². The predicted molar refractivity (Wildman–Crippen MR) is 65.4 cm³/mol. The fraction of sp³-hybridized carbons (Fsp3) is 0.750. The van der Waals surface area contributed by atoms with Crippen molar-refractivity contribution in [3.8, 4) is 0 Å². The van der Waals surface area contributed by atoms with Crippen molar-refractivity contribution in [1.29, 1.82) is 0 Å². The molecule has 0 aliphatic heterocycles. The largest absolute Gasteiger partial charge is 0.388 e. The Hall–Kier alpha value is -0.770. The Morgan fingerprint density at radius 1 is 1.59 bits per heavy atom. The highest BCUT2D eigenvalue weighted by Gasteiger charge is 2.24. The number of hydrogen-bond donors (Lipinski definition) is 3. The van der Waals surface area contributed by atoms with Crippen LogP contribution >= 0.6 is 12.2 Å². The molecule has 1 heterocycles. The van der Waals surface area contributed by atoms with E-state index in [-0.39, 0.29) is 13.2 Å². The van der Waals surface area contributed by atoms with Gasteiger partial charge in [-0.15, -0.1) is 0 Å². The zero-order valence-corrected chi connectivity index (χ0v) is 11.5. The normalized spacial score (nSPS) is 12.9. The van der Waals surface area contributed by atoms with E-state index in [0.29, 0.717) is 10.6 Å². The minimum atomic E-state index is -3.31. The van der Waals surface area contributed by atoms with E-state index in [9.17, 15) is 8.42 Å². The molecular weight excluding hydrogens is 264 g/mol. The van der Waals surface area contributed by atoms with Crippen LogP contribution in [0.4, 0.5) is 0 Å². The molecule has 0 amide bonds. The smallest absolute Gasteiger partial charge is 0.209 e. The Labute approximate surface area is 105 Å². The number of aromatic nitrogens is 3. The zero-order chi connectivity index (χ0) is 13.3. The van der Waals surface area contributed by atoms with Gasteiger partial charge in [0.2, 0.25) is 10.0 Å². The lowest BCUT2D eigenvalue weighted by Gasteiger charge is -2.25. The van der Waals surface area contributed by atoms with Crippen LogP contribution in [0, 0.1) is 4.77 Å². The summed E-state index contributed by atoms with van der Waals surface area (Å²) in [5.74, 6) is 0.373. The van der Waals surface area contributed by atoms with Gasteiger partial charge in [0.25, 0.3) is 0 Å². The molecule has 0 aromatic carbocycles. The average Bonchev–Trinajstić information content (AvgIpc) is 2.43. The fourth-order valence-corrected chi connectivity index (χ4v) is 2.85. The monoisotopic (exact) mass is 280 g/mol. The molecule has 9 heteroatoms. The zero-order valence-electron chi connectivity index (χ0n) is 9.89. The second kappa shape index (κ2) is 4.84. The summed E-state index contributed by atoms with van der Waals surface area (Å²) >= 11 is 5.01. The number of aliphatic hydroxyl groups excluding tert-OH is 1. The minimum Gasteiger partial charge on any atom is -0.388 e. The molecule has 3 N–H and O–H groups in total. The van der Waals surface area contributed by atoms with E-state index in [1.165, 1.54) is 0 Å². The lowest BCUT2D eigenvalue weighted by atomic mass is 10.1. The molecule has 0 saturated carbocycles. The lowest BCUT2D eigenvalue weighted by molar-refractivity contribution is 0.258. The summed E-state index contributed by atoms with van der Waals surface area (Å²) in [7, 11) is -3.31. The molecule has 98 valence electrons. The van der Waals surface area contributed by atoms with Crippen molar-refractivity contribution in [1.82, 2.24) is 19.5 Å². The number of rotatable bonds is 5. The first kappa shape index (κ1) is 14.3. The molecule has 0 aliphatic carbocycles. The molecule has 0 spiro atoms. The maximum absolute atomic E-state index is 11.2. The van der Waals surface area contributed by atoms with E-state index in [2.05, 4.69) is 14.9 Å². The Balaban J connectivity index is 2.97. The van der Waals surface area contributed by atoms with Crippen molar-refractivity contribution in [3.05, 3.63) is 10.6 Å². The number of nitrogens with one attached hydrogen (secondary N) is 2. The molecular formula is C8H16N4O3S2. The molecule has 0 atom stereocenters. The van der Waals surface area contributed by atoms with E-state index < -0.39 is 15.6 Å². The van der Waals surface area contributed by atoms with Crippen molar-refractivity contribution in [2.24, 2.45) is 0 Å². The summed E-state index contributed by atoms with van der Waals surface area (Å²) in [6.45, 7) is 3.47. The van der Waals surface area contributed by atoms with Gasteiger partial charge in [0.15, 0.2) is 10.6 Å². The first-order valence-electron chi connectivity index (χ1n) is 4.88. The predicted octanol–water partition coefficient (Wildman–Crippen LogP) is -0.239. The molecule has 0 bridgehead atoms. The highest BCUT2D eigenvalue weighted by atomic mass is 32.2. The second-order valence-corrected chi connectivity index (χ2v) is 6.58. The van der Waals surface area contributed by atoms with Crippen LogP contribution in [0.25, 0.3) is 0 Å². The minimum absolute atomic E-state index is 0.262. The van der Waals surface area contributed by atoms with E-state index in [4.69, 9.17) is 17.3 Å². The van der Waals surface area contributed by atoms with Crippen LogP contribution in [0.1, 0.15) is 19.7 Å². The molecule has 0 fully saturated rings. The SMILES string of the molecule is CC(C)(Cn1c(CO)n[nH]c1=S)NS(C)(=O)=O. The fourth-order valence-electron chi connectivity index (χ4n) is 1.56. The third-order valence-corrected chi connectivity index (χ3v) is 3.23. The van der Waals surface area contributed by atoms with Crippen molar-refractivity contribution in [2.45, 2.75) is 32.5 Å². The number of aromatic amines is 1. The van der Waals surface area contributed by atoms with Gasteiger partial charge in [0.1, 0.15) is 6.61 Å². The molecule has 1 aromatic heterocycles. The van der Waals surface area contributed by atoms with Crippen molar-refractivity contribution in [3.63, 3.8) is 0 Å². The molecule has 1 rings (SSSR count). The Morgan fingerprint density at radius 3 is 2.65 bits per heavy atom. The van der Waals surface area contributed by atoms with Crippen LogP contribution in [-0.4, -0.2) is 40.1 Å². The molecule has 0 unspecified atom stereocenters. The highest BCUT2D eigenvalue weighted by Crippen LogP contribution is 2.10. The first-order valence-corrected chi connectivity index (χ1v) is 7.18. The Bertz CT molecular complexity index is 543. The second-order valence-electron chi connectivity index (χ2n) is 4.45. The molecule has 1 aromatic rings. The Morgan fingerprint density at radius 2 is 2.18 bits per heavy atom. The number of aliphatic hydroxyl groups is 1. The average molecular weight is 280 g/mol. The van der Waals surface area contributed by atoms with Gasteiger partial charge in [0, 0.05) is 12.1 Å². The van der Waals surface area contributed by atoms with Crippen molar-refractivity contribution >= 4 is 22.2 Å². The standard InChI is InChI=1S/C8H16N4O3S2/c1-8(2,11-17(3,14)15)5-12-6(4-13)9-10-7(12)16/h11,13H,4-5H2,1-3H3,(H,10,16). The van der Waals surface area contributed by atoms with Crippen LogP contribution in [-0.2, 0) is 23.2 Å². The molecule has 7 nitrogen and oxygen atoms in total. The first-order chi connectivity index (χ1) is 7.64. The number of sulfonamides is 1. The van der Waals surface area contributed by atoms with Gasteiger partial charge in [0.05, 0.1) is 6.26 Å². The lowest BCUT2D eigenvalue weighted by Crippen LogP contribution is -2.46. The summed E-state index contributed by atoms with van der Waals surface area (Å²) in [6.07, 6.45) is 1.09. The van der Waals surface area contributed by atoms with Crippen LogP contribution < -0.4 is 4.72 Å². The van der Waals surface area contributed by atoms with Gasteiger partial charge in [-0.2, -0.15) is 5.10 Å². The van der Waals surface area contributed by atoms with Gasteiger partial charge in [-0.05, 0) is 26.1 Å². The van der Waals surface area contributed by atoms with Gasteiger partial charge in [-0.3, -0.25) is 5.10 Å². The van der Waals surface area contributed by atoms with E-state index in [0.717, 1.165) is 6.26 Å². The summed E-state index contributed by atoms with van der Waals surface area (Å²) in [5.41, 5.74) is -0.723. The van der Waals surface area contributed by atoms with Gasteiger partial charge in [-0.25, -0.2) is 13.1 Å². The number of H-pyrrole nitrogens is 1. The summed E-state index contributed by atoms with van der Waals surface area (Å²) in [4.78, 5) is 0. The molecule has 0 radical (unpaired) electrons. The maximum Gasteiger partial charge on any atom is 0.209 e. The number of hydrogen-bond acceptors (Lipinski definition) is 5. The van der Waals surface area contributed by atoms with Gasteiger partial charge < -0.3 is 9.67 Å². The van der Waals surface area contributed by atoms with E-state index in [1.54, 1.807) is 18.4 Å². The van der Waals surface area contributed by atoms with E-state index in [1.807, 2.05) is 0 Å². The van der Waals surface area contributed by atoms with Gasteiger partial charge in [-0.1, -0.05) is 0 Å². The molecule has 0 saturated heterocycles. The molecule has 17 heavy (non-hydrogen) atoms. The van der Waals surface area contributed by atoms with Crippen molar-refractivity contribution in [2.75, 3.05) is 6.26 Å². The van der Waals surface area contributed by atoms with Crippen LogP contribution in [0.3, 0.4) is 0 Å². The summed E-state index contributed by atoms with van der Waals surface area (Å²) in [6, 6.07) is 0. The van der Waals surface area contributed by atoms with Crippen LogP contribution in [0.15, 0.2) is 0 Å². The maximum atomic E-state index is 11.2. The quantitative estimate of drug-likeness (QED) is 0.646. The Kier molecular flexibility index (Phi) is 4.07. The van der Waals surface area contributed by atoms with Crippen molar-refractivity contribution < 1.29 is 13.5 Å². The van der Waals surface area contributed by atoms with Crippen LogP contribution in [0.5, 0.6) is 0 Å². The van der Waals surface area contributed by atoms with E-state index >= 15 is 0 Å². The third-order valence-electron chi connectivity index (χ3n) is 1.99. The summed E-state index contributed by atoms with van der Waals surface area (Å²) < 4.78 is 26.8. The molecule has 0 aliphatic rings.